The van der Waals surface area contributed by atoms with E-state index in [4.69, 9.17) is 23.2 Å². The van der Waals surface area contributed by atoms with Crippen molar-refractivity contribution in [1.82, 2.24) is 14.4 Å². The highest BCUT2D eigenvalue weighted by Gasteiger charge is 2.12. The molecule has 4 aromatic rings. The van der Waals surface area contributed by atoms with E-state index in [9.17, 15) is 4.79 Å². The normalized spacial score (nSPS) is 12.6. The van der Waals surface area contributed by atoms with E-state index in [1.165, 1.54) is 15.7 Å². The maximum absolute atomic E-state index is 12.7. The lowest BCUT2D eigenvalue weighted by Crippen LogP contribution is -2.23. The minimum Gasteiger partial charge on any atom is -0.267 e. The molecule has 0 saturated heterocycles. The van der Waals surface area contributed by atoms with Crippen LogP contribution in [0.4, 0.5) is 0 Å². The fourth-order valence-electron chi connectivity index (χ4n) is 2.27. The highest BCUT2D eigenvalue weighted by molar-refractivity contribution is 9.10. The van der Waals surface area contributed by atoms with E-state index in [0.29, 0.717) is 30.7 Å². The molecule has 0 aliphatic carbocycles. The van der Waals surface area contributed by atoms with Crippen molar-refractivity contribution in [2.75, 3.05) is 0 Å². The largest absolute Gasteiger partial charge is 0.276 e. The molecule has 0 bridgehead atoms. The number of hydrogen-bond acceptors (Lipinski definition) is 4. The third-order valence-electron chi connectivity index (χ3n) is 3.30. The number of thiazole rings is 1. The second-order valence-electron chi connectivity index (χ2n) is 4.81. The summed E-state index contributed by atoms with van der Waals surface area (Å²) < 4.78 is 2.88. The molecular weight excluding hydrogens is 421 g/mol. The monoisotopic (exact) mass is 425 g/mol. The lowest BCUT2D eigenvalue weighted by molar-refractivity contribution is 1.15. The Morgan fingerprint density at radius 3 is 2.87 bits per heavy atom. The summed E-state index contributed by atoms with van der Waals surface area (Å²) in [6.07, 6.45) is 3.39. The number of halogens is 3. The molecule has 4 rings (SSSR count). The molecule has 8 heteroatoms. The highest BCUT2D eigenvalue weighted by Crippen LogP contribution is 2.22. The molecule has 0 fully saturated rings. The molecular formula is C15H6BrCl2N3OS. The summed E-state index contributed by atoms with van der Waals surface area (Å²) in [5, 5.41) is 1.05. The van der Waals surface area contributed by atoms with Gasteiger partial charge in [0.2, 0.25) is 0 Å². The van der Waals surface area contributed by atoms with Gasteiger partial charge in [0, 0.05) is 20.7 Å². The second-order valence-corrected chi connectivity index (χ2v) is 7.58. The molecule has 0 aliphatic heterocycles. The molecule has 114 valence electrons. The summed E-state index contributed by atoms with van der Waals surface area (Å²) in [5.74, 6) is 0. The van der Waals surface area contributed by atoms with Gasteiger partial charge in [-0.1, -0.05) is 40.6 Å². The Balaban J connectivity index is 2.00. The van der Waals surface area contributed by atoms with Crippen LogP contribution in [0.2, 0.25) is 10.0 Å². The Hall–Kier alpha value is -1.47. The van der Waals surface area contributed by atoms with Crippen LogP contribution >= 0.6 is 50.5 Å². The van der Waals surface area contributed by atoms with Gasteiger partial charge >= 0.3 is 0 Å². The Labute approximate surface area is 152 Å². The van der Waals surface area contributed by atoms with Crippen LogP contribution in [-0.4, -0.2) is 14.4 Å². The SMILES string of the molecule is O=c1c(=Cc2ccc(Cl)cc2Cl)sc2nc3cc(Br)cnc3n12. The van der Waals surface area contributed by atoms with Crippen LogP contribution in [0.25, 0.3) is 22.2 Å². The van der Waals surface area contributed by atoms with Crippen LogP contribution in [0.5, 0.6) is 0 Å². The van der Waals surface area contributed by atoms with Gasteiger partial charge in [0.05, 0.1) is 4.53 Å². The molecule has 0 N–H and O–H groups in total. The number of imidazole rings is 1. The fourth-order valence-corrected chi connectivity index (χ4v) is 4.02. The first-order chi connectivity index (χ1) is 11.0. The topological polar surface area (TPSA) is 47.3 Å². The summed E-state index contributed by atoms with van der Waals surface area (Å²) in [4.78, 5) is 22.0. The van der Waals surface area contributed by atoms with E-state index in [1.807, 2.05) is 6.07 Å². The Morgan fingerprint density at radius 1 is 1.26 bits per heavy atom. The maximum Gasteiger partial charge on any atom is 0.276 e. The predicted molar refractivity (Wildman–Crippen MR) is 97.6 cm³/mol. The van der Waals surface area contributed by atoms with Crippen LogP contribution < -0.4 is 10.1 Å². The number of nitrogens with zero attached hydrogens (tertiary/aromatic N) is 3. The summed E-state index contributed by atoms with van der Waals surface area (Å²) in [6, 6.07) is 6.99. The van der Waals surface area contributed by atoms with Crippen LogP contribution in [0.1, 0.15) is 5.56 Å². The van der Waals surface area contributed by atoms with Crippen molar-refractivity contribution in [2.24, 2.45) is 0 Å². The van der Waals surface area contributed by atoms with Gasteiger partial charge in [0.15, 0.2) is 10.6 Å². The van der Waals surface area contributed by atoms with Gasteiger partial charge in [-0.15, -0.1) is 0 Å². The fraction of sp³-hybridized carbons (Fsp3) is 0. The van der Waals surface area contributed by atoms with Gasteiger partial charge < -0.3 is 0 Å². The number of benzene rings is 1. The van der Waals surface area contributed by atoms with E-state index in [1.54, 1.807) is 30.5 Å². The van der Waals surface area contributed by atoms with Crippen molar-refractivity contribution in [3.63, 3.8) is 0 Å². The Morgan fingerprint density at radius 2 is 2.09 bits per heavy atom. The van der Waals surface area contributed by atoms with Crippen molar-refractivity contribution < 1.29 is 0 Å². The average molecular weight is 427 g/mol. The van der Waals surface area contributed by atoms with Gasteiger partial charge in [0.25, 0.3) is 5.56 Å². The summed E-state index contributed by atoms with van der Waals surface area (Å²) in [7, 11) is 0. The molecule has 0 atom stereocenters. The van der Waals surface area contributed by atoms with Gasteiger partial charge in [-0.05, 0) is 45.8 Å². The first kappa shape index (κ1) is 15.1. The zero-order valence-corrected chi connectivity index (χ0v) is 15.2. The molecule has 0 spiro atoms. The van der Waals surface area contributed by atoms with Crippen molar-refractivity contribution in [2.45, 2.75) is 0 Å². The van der Waals surface area contributed by atoms with Crippen LogP contribution in [0.15, 0.2) is 39.7 Å². The predicted octanol–water partition coefficient (Wildman–Crippen LogP) is 3.92. The first-order valence-electron chi connectivity index (χ1n) is 6.46. The Bertz CT molecular complexity index is 1190. The number of aromatic nitrogens is 3. The van der Waals surface area contributed by atoms with Crippen LogP contribution in [-0.2, 0) is 0 Å². The van der Waals surface area contributed by atoms with Gasteiger partial charge in [-0.3, -0.25) is 4.79 Å². The number of pyridine rings is 1. The molecule has 0 saturated carbocycles. The maximum atomic E-state index is 12.7. The lowest BCUT2D eigenvalue weighted by Gasteiger charge is -1.97. The zero-order valence-electron chi connectivity index (χ0n) is 11.3. The molecule has 3 aromatic heterocycles. The minimum atomic E-state index is -0.159. The lowest BCUT2D eigenvalue weighted by atomic mass is 10.2. The minimum absolute atomic E-state index is 0.159. The van der Waals surface area contributed by atoms with Crippen molar-refractivity contribution in [3.05, 3.63) is 65.4 Å². The third kappa shape index (κ3) is 2.55. The van der Waals surface area contributed by atoms with Crippen molar-refractivity contribution in [3.8, 4) is 0 Å². The van der Waals surface area contributed by atoms with Gasteiger partial charge in [-0.2, -0.15) is 0 Å². The molecule has 0 unspecified atom stereocenters. The average Bonchev–Trinajstić information content (AvgIpc) is 2.98. The summed E-state index contributed by atoms with van der Waals surface area (Å²) >= 11 is 16.7. The van der Waals surface area contributed by atoms with Gasteiger partial charge in [0.1, 0.15) is 5.52 Å². The quantitative estimate of drug-likeness (QED) is 0.463. The third-order valence-corrected chi connectivity index (χ3v) is 5.26. The number of fused-ring (bicyclic) bond motifs is 3. The van der Waals surface area contributed by atoms with Crippen molar-refractivity contribution >= 4 is 72.7 Å². The first-order valence-corrected chi connectivity index (χ1v) is 8.83. The van der Waals surface area contributed by atoms with E-state index in [-0.39, 0.29) is 5.56 Å². The van der Waals surface area contributed by atoms with E-state index in [0.717, 1.165) is 10.0 Å². The Kier molecular flexibility index (Phi) is 3.65. The van der Waals surface area contributed by atoms with Gasteiger partial charge in [-0.25, -0.2) is 14.4 Å². The second kappa shape index (κ2) is 5.56. The standard InChI is InChI=1S/C15H6BrCl2N3OS/c16-8-4-11-13(19-6-8)21-14(22)12(23-15(21)20-11)3-7-1-2-9(17)5-10(7)18/h1-6H. The van der Waals surface area contributed by atoms with Crippen molar-refractivity contribution in [1.29, 1.82) is 0 Å². The van der Waals surface area contributed by atoms with Crippen LogP contribution in [0.3, 0.4) is 0 Å². The molecule has 0 radical (unpaired) electrons. The molecule has 23 heavy (non-hydrogen) atoms. The summed E-state index contributed by atoms with van der Waals surface area (Å²) in [5.41, 5.74) is 1.80. The molecule has 3 heterocycles. The van der Waals surface area contributed by atoms with E-state index in [2.05, 4.69) is 25.9 Å². The number of rotatable bonds is 1. The molecule has 1 aromatic carbocycles. The van der Waals surface area contributed by atoms with Crippen LogP contribution in [0, 0.1) is 0 Å². The molecule has 4 nitrogen and oxygen atoms in total. The van der Waals surface area contributed by atoms with E-state index < -0.39 is 0 Å². The highest BCUT2D eigenvalue weighted by atomic mass is 79.9. The zero-order chi connectivity index (χ0) is 16.1. The van der Waals surface area contributed by atoms with E-state index >= 15 is 0 Å². The number of hydrogen-bond donors (Lipinski definition) is 0. The molecule has 0 amide bonds. The molecule has 0 aliphatic rings. The summed E-state index contributed by atoms with van der Waals surface area (Å²) in [6.45, 7) is 0. The smallest absolute Gasteiger partial charge is 0.267 e.